The van der Waals surface area contributed by atoms with E-state index in [0.717, 1.165) is 0 Å². The molecule has 1 aromatic carbocycles. The lowest BCUT2D eigenvalue weighted by atomic mass is 10.1. The fraction of sp³-hybridized carbons (Fsp3) is 0.417. The molecule has 0 heterocycles. The normalized spacial score (nSPS) is 13.5. The molecule has 0 bridgehead atoms. The van der Waals surface area contributed by atoms with Crippen LogP contribution in [-0.2, 0) is 9.53 Å². The van der Waals surface area contributed by atoms with E-state index in [0.29, 0.717) is 15.6 Å². The molecule has 1 rings (SSSR count). The number of esters is 1. The van der Waals surface area contributed by atoms with Crippen molar-refractivity contribution in [2.24, 2.45) is 5.92 Å². The summed E-state index contributed by atoms with van der Waals surface area (Å²) < 4.78 is 3.42. The van der Waals surface area contributed by atoms with Crippen LogP contribution in [-0.4, -0.2) is 9.76 Å². The number of hydrogen-bond acceptors (Lipinski definition) is 2. The highest BCUT2D eigenvalue weighted by Crippen LogP contribution is 2.43. The zero-order chi connectivity index (χ0) is 14.8. The lowest BCUT2D eigenvalue weighted by Crippen LogP contribution is -2.25. The molecule has 0 aromatic heterocycles. The number of hydrogen-bond donors (Lipinski definition) is 0. The quantitative estimate of drug-likeness (QED) is 0.515. The Morgan fingerprint density at radius 1 is 1.16 bits per heavy atom. The Morgan fingerprint density at radius 3 is 2.16 bits per heavy atom. The molecule has 0 saturated heterocycles. The fourth-order valence-corrected chi connectivity index (χ4v) is 2.07. The van der Waals surface area contributed by atoms with Crippen LogP contribution < -0.4 is 0 Å². The number of rotatable bonds is 3. The molecule has 0 amide bonds. The summed E-state index contributed by atoms with van der Waals surface area (Å²) in [5.74, 6) is -0.806. The highest BCUT2D eigenvalue weighted by atomic mass is 35.6. The average Bonchev–Trinajstić information content (AvgIpc) is 2.27. The first kappa shape index (κ1) is 17.2. The van der Waals surface area contributed by atoms with Gasteiger partial charge in [-0.1, -0.05) is 77.9 Å². The molecule has 1 unspecified atom stereocenters. The molecule has 1 atom stereocenters. The van der Waals surface area contributed by atoms with Crippen LogP contribution in [0.4, 0.5) is 0 Å². The number of halogens is 5. The number of carbonyl (C=O) groups excluding carboxylic acids is 1. The number of benzene rings is 1. The van der Waals surface area contributed by atoms with Crippen molar-refractivity contribution in [2.75, 3.05) is 0 Å². The maximum atomic E-state index is 11.7. The van der Waals surface area contributed by atoms with E-state index >= 15 is 0 Å². The standard InChI is InChI=1S/C12H11Cl5O2/c1-6(2)11(18)19-10(12(15,16)17)7-3-4-8(13)9(14)5-7/h3-6,10H,1-2H3. The second kappa shape index (κ2) is 6.73. The molecule has 0 fully saturated rings. The van der Waals surface area contributed by atoms with E-state index < -0.39 is 15.9 Å². The second-order valence-corrected chi connectivity index (χ2v) is 7.37. The summed E-state index contributed by atoms with van der Waals surface area (Å²) in [5, 5.41) is 0.655. The predicted octanol–water partition coefficient (Wildman–Crippen LogP) is 5.60. The summed E-state index contributed by atoms with van der Waals surface area (Å²) in [5.41, 5.74) is 0.461. The van der Waals surface area contributed by atoms with E-state index in [2.05, 4.69) is 0 Å². The van der Waals surface area contributed by atoms with Crippen LogP contribution in [0.5, 0.6) is 0 Å². The fourth-order valence-electron chi connectivity index (χ4n) is 1.25. The molecule has 106 valence electrons. The van der Waals surface area contributed by atoms with Crippen LogP contribution in [0.1, 0.15) is 25.5 Å². The third kappa shape index (κ3) is 4.87. The van der Waals surface area contributed by atoms with E-state index in [1.54, 1.807) is 26.0 Å². The SMILES string of the molecule is CC(C)C(=O)OC(c1ccc(Cl)c(Cl)c1)C(Cl)(Cl)Cl. The van der Waals surface area contributed by atoms with Crippen molar-refractivity contribution in [2.45, 2.75) is 23.7 Å². The Balaban J connectivity index is 3.10. The van der Waals surface area contributed by atoms with Crippen molar-refractivity contribution in [1.29, 1.82) is 0 Å². The first-order valence-electron chi connectivity index (χ1n) is 5.35. The van der Waals surface area contributed by atoms with Crippen LogP contribution in [0, 0.1) is 5.92 Å². The Kier molecular flexibility index (Phi) is 6.09. The lowest BCUT2D eigenvalue weighted by molar-refractivity contribution is -0.153. The Hall–Kier alpha value is 0.140. The van der Waals surface area contributed by atoms with E-state index in [4.69, 9.17) is 62.7 Å². The lowest BCUT2D eigenvalue weighted by Gasteiger charge is -2.25. The van der Waals surface area contributed by atoms with Crippen molar-refractivity contribution in [3.05, 3.63) is 33.8 Å². The highest BCUT2D eigenvalue weighted by Gasteiger charge is 2.38. The van der Waals surface area contributed by atoms with Gasteiger partial charge in [0.15, 0.2) is 6.10 Å². The van der Waals surface area contributed by atoms with Crippen molar-refractivity contribution < 1.29 is 9.53 Å². The summed E-state index contributed by atoms with van der Waals surface area (Å²) in [4.78, 5) is 11.7. The van der Waals surface area contributed by atoms with Crippen LogP contribution in [0.2, 0.25) is 10.0 Å². The van der Waals surface area contributed by atoms with Crippen LogP contribution in [0.25, 0.3) is 0 Å². The average molecular weight is 364 g/mol. The molecule has 0 saturated carbocycles. The Morgan fingerprint density at radius 2 is 1.74 bits per heavy atom. The summed E-state index contributed by atoms with van der Waals surface area (Å²) in [7, 11) is 0. The van der Waals surface area contributed by atoms with Crippen molar-refractivity contribution >= 4 is 64.0 Å². The monoisotopic (exact) mass is 362 g/mol. The third-order valence-corrected chi connectivity index (χ3v) is 3.58. The predicted molar refractivity (Wildman–Crippen MR) is 80.4 cm³/mol. The highest BCUT2D eigenvalue weighted by molar-refractivity contribution is 6.68. The van der Waals surface area contributed by atoms with Gasteiger partial charge >= 0.3 is 5.97 Å². The molecule has 0 spiro atoms. The maximum absolute atomic E-state index is 11.7. The molecule has 0 N–H and O–H groups in total. The third-order valence-electron chi connectivity index (χ3n) is 2.25. The molecule has 2 nitrogen and oxygen atoms in total. The summed E-state index contributed by atoms with van der Waals surface area (Å²) in [6, 6.07) is 4.64. The van der Waals surface area contributed by atoms with Crippen molar-refractivity contribution in [3.8, 4) is 0 Å². The van der Waals surface area contributed by atoms with Crippen molar-refractivity contribution in [1.82, 2.24) is 0 Å². The molecular weight excluding hydrogens is 353 g/mol. The molecule has 0 radical (unpaired) electrons. The summed E-state index contributed by atoms with van der Waals surface area (Å²) in [6.07, 6.45) is -1.05. The molecule has 1 aromatic rings. The van der Waals surface area contributed by atoms with E-state index in [9.17, 15) is 4.79 Å². The molecule has 19 heavy (non-hydrogen) atoms. The van der Waals surface area contributed by atoms with E-state index in [1.165, 1.54) is 6.07 Å². The van der Waals surface area contributed by atoms with E-state index in [1.807, 2.05) is 0 Å². The van der Waals surface area contributed by atoms with Crippen molar-refractivity contribution in [3.63, 3.8) is 0 Å². The van der Waals surface area contributed by atoms with Gasteiger partial charge in [0.05, 0.1) is 16.0 Å². The summed E-state index contributed by atoms with van der Waals surface area (Å²) >= 11 is 29.3. The minimum atomic E-state index is -1.80. The molecular formula is C12H11Cl5O2. The first-order valence-corrected chi connectivity index (χ1v) is 7.24. The number of alkyl halides is 3. The van der Waals surface area contributed by atoms with Gasteiger partial charge in [0.2, 0.25) is 3.79 Å². The van der Waals surface area contributed by atoms with Gasteiger partial charge in [-0.05, 0) is 17.7 Å². The van der Waals surface area contributed by atoms with Gasteiger partial charge in [0, 0.05) is 0 Å². The minimum absolute atomic E-state index is 0.291. The topological polar surface area (TPSA) is 26.3 Å². The largest absolute Gasteiger partial charge is 0.453 e. The van der Waals surface area contributed by atoms with E-state index in [-0.39, 0.29) is 5.92 Å². The molecule has 0 aliphatic carbocycles. The number of carbonyl (C=O) groups is 1. The Bertz CT molecular complexity index is 468. The van der Waals surface area contributed by atoms with Gasteiger partial charge < -0.3 is 4.74 Å². The molecule has 0 aliphatic rings. The minimum Gasteiger partial charge on any atom is -0.453 e. The first-order chi connectivity index (χ1) is 8.62. The van der Waals surface area contributed by atoms with Gasteiger partial charge in [-0.15, -0.1) is 0 Å². The van der Waals surface area contributed by atoms with Gasteiger partial charge in [-0.2, -0.15) is 0 Å². The van der Waals surface area contributed by atoms with Gasteiger partial charge in [-0.3, -0.25) is 4.79 Å². The summed E-state index contributed by atoms with van der Waals surface area (Å²) in [6.45, 7) is 3.37. The molecule has 0 aliphatic heterocycles. The zero-order valence-corrected chi connectivity index (χ0v) is 13.9. The van der Waals surface area contributed by atoms with Crippen LogP contribution in [0.3, 0.4) is 0 Å². The van der Waals surface area contributed by atoms with Gasteiger partial charge in [0.25, 0.3) is 0 Å². The van der Waals surface area contributed by atoms with Crippen LogP contribution >= 0.6 is 58.0 Å². The van der Waals surface area contributed by atoms with Gasteiger partial charge in [-0.25, -0.2) is 0 Å². The number of ether oxygens (including phenoxy) is 1. The van der Waals surface area contributed by atoms with Crippen LogP contribution in [0.15, 0.2) is 18.2 Å². The second-order valence-electron chi connectivity index (χ2n) is 4.19. The smallest absolute Gasteiger partial charge is 0.309 e. The Labute approximate surface area is 136 Å². The molecule has 7 heteroatoms. The maximum Gasteiger partial charge on any atom is 0.309 e. The van der Waals surface area contributed by atoms with Gasteiger partial charge in [0.1, 0.15) is 0 Å². The zero-order valence-electron chi connectivity index (χ0n) is 10.1.